The summed E-state index contributed by atoms with van der Waals surface area (Å²) in [6.45, 7) is 14.4. The highest BCUT2D eigenvalue weighted by atomic mass is 35.5. The van der Waals surface area contributed by atoms with Gasteiger partial charge in [-0.05, 0) is 42.6 Å². The summed E-state index contributed by atoms with van der Waals surface area (Å²) in [4.78, 5) is 41.4. The molecule has 1 aromatic carbocycles. The highest BCUT2D eigenvalue weighted by Gasteiger charge is 2.54. The second kappa shape index (κ2) is 10.1. The van der Waals surface area contributed by atoms with Crippen LogP contribution in [0.1, 0.15) is 47.9 Å². The first-order valence-electron chi connectivity index (χ1n) is 11.5. The van der Waals surface area contributed by atoms with Gasteiger partial charge in [0.05, 0.1) is 16.2 Å². The van der Waals surface area contributed by atoms with Gasteiger partial charge in [-0.15, -0.1) is 0 Å². The van der Waals surface area contributed by atoms with Crippen molar-refractivity contribution in [2.75, 3.05) is 19.7 Å². The van der Waals surface area contributed by atoms with Gasteiger partial charge < -0.3 is 9.16 Å². The molecule has 34 heavy (non-hydrogen) atoms. The van der Waals surface area contributed by atoms with E-state index in [0.29, 0.717) is 24.1 Å². The van der Waals surface area contributed by atoms with Gasteiger partial charge in [0, 0.05) is 19.5 Å². The van der Waals surface area contributed by atoms with Gasteiger partial charge in [-0.1, -0.05) is 57.2 Å². The average Bonchev–Trinajstić information content (AvgIpc) is 3.27. The number of hydrogen-bond acceptors (Lipinski definition) is 5. The number of imide groups is 1. The van der Waals surface area contributed by atoms with Crippen LogP contribution in [0.5, 0.6) is 0 Å². The Kier molecular flexibility index (Phi) is 7.74. The van der Waals surface area contributed by atoms with Gasteiger partial charge in [-0.25, -0.2) is 4.79 Å². The molecule has 0 aliphatic carbocycles. The minimum Gasteiger partial charge on any atom is -0.445 e. The highest BCUT2D eigenvalue weighted by Crippen LogP contribution is 2.48. The summed E-state index contributed by atoms with van der Waals surface area (Å²) in [5, 5.41) is 0.271. The van der Waals surface area contributed by atoms with Crippen LogP contribution < -0.4 is 0 Å². The van der Waals surface area contributed by atoms with E-state index in [1.54, 1.807) is 35.2 Å². The Labute approximate surface area is 208 Å². The normalized spacial score (nSPS) is 23.0. The molecule has 7 nitrogen and oxygen atoms in total. The first-order valence-corrected chi connectivity index (χ1v) is 14.6. The van der Waals surface area contributed by atoms with E-state index in [1.807, 2.05) is 13.1 Å². The summed E-state index contributed by atoms with van der Waals surface area (Å²) in [6.07, 6.45) is 3.07. The molecular formula is C25H33ClN2O5Si. The van der Waals surface area contributed by atoms with Crippen molar-refractivity contribution in [3.8, 4) is 0 Å². The molecule has 0 aromatic heterocycles. The van der Waals surface area contributed by atoms with Crippen molar-refractivity contribution in [2.45, 2.75) is 46.0 Å². The second-order valence-corrected chi connectivity index (χ2v) is 12.8. The molecule has 0 N–H and O–H groups in total. The average molecular weight is 505 g/mol. The summed E-state index contributed by atoms with van der Waals surface area (Å²) in [7, 11) is -1.70. The molecule has 184 valence electrons. The Morgan fingerprint density at radius 3 is 2.32 bits per heavy atom. The monoisotopic (exact) mass is 504 g/mol. The number of carbonyl (C=O) groups is 3. The summed E-state index contributed by atoms with van der Waals surface area (Å²) >= 11 is 6.90. The van der Waals surface area contributed by atoms with Gasteiger partial charge in [-0.2, -0.15) is 0 Å². The Bertz CT molecular complexity index is 984. The number of nitrogens with zero attached hydrogens (tertiary/aromatic N) is 2. The van der Waals surface area contributed by atoms with Crippen LogP contribution in [0.4, 0.5) is 4.79 Å². The highest BCUT2D eigenvalue weighted by molar-refractivity contribution is 6.48. The lowest BCUT2D eigenvalue weighted by atomic mass is 9.79. The predicted molar refractivity (Wildman–Crippen MR) is 134 cm³/mol. The lowest BCUT2D eigenvalue weighted by Gasteiger charge is -2.39. The zero-order valence-electron chi connectivity index (χ0n) is 20.5. The topological polar surface area (TPSA) is 76.2 Å². The van der Waals surface area contributed by atoms with Gasteiger partial charge in [0.15, 0.2) is 14.8 Å². The fraction of sp³-hybridized carbons (Fsp3) is 0.480. The van der Waals surface area contributed by atoms with E-state index in [-0.39, 0.29) is 41.3 Å². The third-order valence-electron chi connectivity index (χ3n) is 6.27. The molecule has 0 bridgehead atoms. The maximum absolute atomic E-state index is 13.1. The molecule has 2 atom stereocenters. The lowest BCUT2D eigenvalue weighted by molar-refractivity contribution is -0.0170. The van der Waals surface area contributed by atoms with Gasteiger partial charge in [-0.3, -0.25) is 19.4 Å². The van der Waals surface area contributed by atoms with E-state index in [0.717, 1.165) is 4.90 Å². The number of rotatable bonds is 7. The van der Waals surface area contributed by atoms with E-state index in [1.165, 1.54) is 6.08 Å². The second-order valence-electron chi connectivity index (χ2n) is 10.0. The Morgan fingerprint density at radius 1 is 1.24 bits per heavy atom. The molecule has 1 aromatic rings. The number of likely N-dealkylation sites (tertiary alicyclic amines) is 1. The third-order valence-corrected chi connectivity index (χ3v) is 7.58. The van der Waals surface area contributed by atoms with Gasteiger partial charge in [0.1, 0.15) is 6.61 Å². The van der Waals surface area contributed by atoms with Crippen LogP contribution in [0.3, 0.4) is 0 Å². The van der Waals surface area contributed by atoms with E-state index < -0.39 is 20.9 Å². The smallest absolute Gasteiger partial charge is 0.412 e. The van der Waals surface area contributed by atoms with Gasteiger partial charge >= 0.3 is 6.09 Å². The fourth-order valence-corrected chi connectivity index (χ4v) is 5.90. The number of fused-ring (bicyclic) bond motifs is 1. The molecule has 2 aliphatic rings. The maximum Gasteiger partial charge on any atom is 0.412 e. The van der Waals surface area contributed by atoms with E-state index >= 15 is 0 Å². The van der Waals surface area contributed by atoms with Crippen LogP contribution in [-0.2, 0) is 9.16 Å². The number of benzene rings is 1. The van der Waals surface area contributed by atoms with Crippen molar-refractivity contribution < 1.29 is 23.5 Å². The zero-order chi connectivity index (χ0) is 25.3. The SMILES string of the molecule is C=CCOC(=O)N1C[C@@H](C(C)(C)C)C[C@]1(O[SiH](C)C)/C(Cl)=C\CN1C(=O)c2ccccc2C1=O. The summed E-state index contributed by atoms with van der Waals surface area (Å²) in [5.41, 5.74) is -0.571. The number of hydrogen-bond donors (Lipinski definition) is 0. The molecule has 0 radical (unpaired) electrons. The number of halogens is 1. The molecule has 2 aliphatic heterocycles. The van der Waals surface area contributed by atoms with Crippen LogP contribution in [0.15, 0.2) is 48.0 Å². The van der Waals surface area contributed by atoms with Gasteiger partial charge in [0.25, 0.3) is 11.8 Å². The molecule has 3 rings (SSSR count). The first-order chi connectivity index (χ1) is 15.9. The maximum atomic E-state index is 13.1. The molecule has 1 fully saturated rings. The van der Waals surface area contributed by atoms with E-state index in [2.05, 4.69) is 27.4 Å². The minimum atomic E-state index is -1.70. The van der Waals surface area contributed by atoms with Crippen molar-refractivity contribution in [2.24, 2.45) is 11.3 Å². The van der Waals surface area contributed by atoms with Crippen molar-refractivity contribution in [3.05, 3.63) is 59.2 Å². The van der Waals surface area contributed by atoms with Crippen LogP contribution in [0.2, 0.25) is 13.1 Å². The fourth-order valence-electron chi connectivity index (χ4n) is 4.41. The molecule has 0 saturated carbocycles. The standard InChI is InChI=1S/C25H33ClN2O5Si/c1-7-14-32-23(31)28-16-17(24(2,3)4)15-25(28,33-34(5)6)20(26)12-13-27-21(29)18-10-8-9-11-19(18)22(27)30/h7-12,17,34H,1,13-16H2,2-6H3/b20-12+/t17-,25-/m0/s1. The van der Waals surface area contributed by atoms with Crippen molar-refractivity contribution >= 4 is 38.5 Å². The van der Waals surface area contributed by atoms with Crippen LogP contribution in [0.25, 0.3) is 0 Å². The van der Waals surface area contributed by atoms with Crippen LogP contribution in [0, 0.1) is 11.3 Å². The number of carbonyl (C=O) groups excluding carboxylic acids is 3. The Morgan fingerprint density at radius 2 is 1.82 bits per heavy atom. The quantitative estimate of drug-likeness (QED) is 0.303. The summed E-state index contributed by atoms with van der Waals surface area (Å²) in [5.74, 6) is -0.635. The molecule has 3 amide bonds. The van der Waals surface area contributed by atoms with Crippen molar-refractivity contribution in [3.63, 3.8) is 0 Å². The molecule has 0 spiro atoms. The largest absolute Gasteiger partial charge is 0.445 e. The summed E-state index contributed by atoms with van der Waals surface area (Å²) in [6, 6.07) is 6.73. The Hall–Kier alpha value is -2.42. The molecule has 9 heteroatoms. The lowest BCUT2D eigenvalue weighted by Crippen LogP contribution is -2.52. The number of ether oxygens (including phenoxy) is 1. The van der Waals surface area contributed by atoms with E-state index in [4.69, 9.17) is 20.8 Å². The Balaban J connectivity index is 1.96. The summed E-state index contributed by atoms with van der Waals surface area (Å²) < 4.78 is 11.9. The molecule has 2 heterocycles. The number of amides is 3. The zero-order valence-corrected chi connectivity index (χ0v) is 22.4. The molecule has 1 saturated heterocycles. The molecular weight excluding hydrogens is 472 g/mol. The van der Waals surface area contributed by atoms with Crippen LogP contribution in [-0.4, -0.2) is 62.2 Å². The van der Waals surface area contributed by atoms with E-state index in [9.17, 15) is 14.4 Å². The minimum absolute atomic E-state index is 0.0222. The third kappa shape index (κ3) is 4.99. The first kappa shape index (κ1) is 26.2. The van der Waals surface area contributed by atoms with Gasteiger partial charge in [0.2, 0.25) is 0 Å². The van der Waals surface area contributed by atoms with Crippen molar-refractivity contribution in [1.82, 2.24) is 9.80 Å². The van der Waals surface area contributed by atoms with Crippen LogP contribution >= 0.6 is 11.6 Å². The molecule has 0 unspecified atom stereocenters. The predicted octanol–water partition coefficient (Wildman–Crippen LogP) is 4.79. The van der Waals surface area contributed by atoms with Crippen molar-refractivity contribution in [1.29, 1.82) is 0 Å².